The van der Waals surface area contributed by atoms with Gasteiger partial charge in [0, 0.05) is 88.6 Å². The maximum atomic E-state index is 13.7. The number of nitrogens with zero attached hydrogens (tertiary/aromatic N) is 3. The molecule has 5 aromatic rings. The Hall–Kier alpha value is -6.63. The summed E-state index contributed by atoms with van der Waals surface area (Å²) >= 11 is 6.07. The summed E-state index contributed by atoms with van der Waals surface area (Å²) in [5, 5.41) is 7.26. The molecule has 0 radical (unpaired) electrons. The molecule has 2 aliphatic rings. The molecule has 18 heteroatoms. The lowest BCUT2D eigenvalue weighted by atomic mass is 9.81. The van der Waals surface area contributed by atoms with E-state index in [1.807, 2.05) is 96.2 Å². The number of nitrogens with one attached hydrogen (secondary N) is 2. The van der Waals surface area contributed by atoms with Crippen LogP contribution in [0.1, 0.15) is 106 Å². The van der Waals surface area contributed by atoms with Gasteiger partial charge in [0.15, 0.2) is 5.71 Å². The third kappa shape index (κ3) is 12.6. The second kappa shape index (κ2) is 23.7. The summed E-state index contributed by atoms with van der Waals surface area (Å²) in [6.07, 6.45) is 17.5. The highest BCUT2D eigenvalue weighted by molar-refractivity contribution is 7.86. The standard InChI is InChI=1S/C58H66ClN5O10S2/c1-8-62-50-30-27-43(75(68,69)70)36-47(50)57(3,4)52(62)19-13-10-9-11-14-20-53-58(5,6)48-37-44(76(71,72)73)28-31-51(48)63(53)34-18-12-15-21-54(65)60-32-16-17-33-61-55(66)38-45-39(2)64(49-29-26-42(74-7)35-46(45)49)56(67)40-22-24-41(59)25-23-40/h9-11,13-14,19-20,22-31,35-37H,8,12,15-18,21,32-34,38H2,1-7H3,(H3-,60,61,65,66,68,69,70,71,72,73)/p+1. The highest BCUT2D eigenvalue weighted by atomic mass is 35.5. The summed E-state index contributed by atoms with van der Waals surface area (Å²) in [5.74, 6) is 0.149. The van der Waals surface area contributed by atoms with E-state index in [-0.39, 0.29) is 33.9 Å². The number of anilines is 1. The average molecular weight is 1090 g/mol. The normalized spacial score (nSPS) is 15.7. The Morgan fingerprint density at radius 3 is 2.03 bits per heavy atom. The lowest BCUT2D eigenvalue weighted by Gasteiger charge is -2.25. The molecular weight excluding hydrogens is 1030 g/mol. The quantitative estimate of drug-likeness (QED) is 0.0222. The fraction of sp³-hybridized carbons (Fsp3) is 0.345. The molecular formula is C58H67ClN5O10S2+. The van der Waals surface area contributed by atoms with Crippen LogP contribution in [0, 0.1) is 6.92 Å². The van der Waals surface area contributed by atoms with E-state index in [0.717, 1.165) is 57.7 Å². The summed E-state index contributed by atoms with van der Waals surface area (Å²) in [5.41, 5.74) is 6.63. The van der Waals surface area contributed by atoms with E-state index in [9.17, 15) is 40.3 Å². The minimum absolute atomic E-state index is 0.0499. The molecule has 0 saturated heterocycles. The maximum Gasteiger partial charge on any atom is 0.294 e. The lowest BCUT2D eigenvalue weighted by molar-refractivity contribution is -0.438. The van der Waals surface area contributed by atoms with Crippen LogP contribution in [0.3, 0.4) is 0 Å². The van der Waals surface area contributed by atoms with Gasteiger partial charge in [-0.05, 0) is 143 Å². The van der Waals surface area contributed by atoms with Gasteiger partial charge in [0.05, 0.1) is 34.3 Å². The number of hydrogen-bond donors (Lipinski definition) is 4. The van der Waals surface area contributed by atoms with E-state index in [2.05, 4.69) is 20.1 Å². The van der Waals surface area contributed by atoms with Crippen molar-refractivity contribution in [3.05, 3.63) is 160 Å². The van der Waals surface area contributed by atoms with Gasteiger partial charge in [-0.3, -0.25) is 28.1 Å². The Morgan fingerprint density at radius 2 is 1.37 bits per heavy atom. The highest BCUT2D eigenvalue weighted by Crippen LogP contribution is 2.48. The van der Waals surface area contributed by atoms with E-state index >= 15 is 0 Å². The minimum Gasteiger partial charge on any atom is -0.497 e. The number of fused-ring (bicyclic) bond motifs is 3. The number of benzene rings is 4. The van der Waals surface area contributed by atoms with Crippen LogP contribution < -0.4 is 20.3 Å². The van der Waals surface area contributed by atoms with Crippen molar-refractivity contribution in [1.82, 2.24) is 15.2 Å². The van der Waals surface area contributed by atoms with Gasteiger partial charge in [-0.1, -0.05) is 55.8 Å². The minimum atomic E-state index is -4.44. The number of likely N-dealkylation sites (N-methyl/N-ethyl adjacent to an activating group) is 1. The van der Waals surface area contributed by atoms with E-state index in [0.29, 0.717) is 79.4 Å². The SMILES string of the molecule is CCN1/C(=C/C=C/C=C/C=C/C2=[N+](CCCCCC(=O)NCCCCNC(=O)Cc3c(C)n(C(=O)c4ccc(Cl)cc4)c4ccc(OC)cc34)c3ccc(S(=O)(=O)O)cc3C2(C)C)C(C)(C)c2cc(S(=O)(=O)O)ccc21. The van der Waals surface area contributed by atoms with Crippen LogP contribution in [0.15, 0.2) is 137 Å². The highest BCUT2D eigenvalue weighted by Gasteiger charge is 2.45. The third-order valence-corrected chi connectivity index (χ3v) is 16.2. The van der Waals surface area contributed by atoms with E-state index in [4.69, 9.17) is 16.3 Å². The second-order valence-electron chi connectivity index (χ2n) is 20.0. The second-order valence-corrected chi connectivity index (χ2v) is 23.3. The van der Waals surface area contributed by atoms with Crippen molar-refractivity contribution in [3.8, 4) is 5.75 Å². The Morgan fingerprint density at radius 1 is 0.737 bits per heavy atom. The predicted molar refractivity (Wildman–Crippen MR) is 299 cm³/mol. The Kier molecular flexibility index (Phi) is 17.8. The number of halogens is 1. The largest absolute Gasteiger partial charge is 0.497 e. The number of rotatable bonds is 22. The lowest BCUT2D eigenvalue weighted by Crippen LogP contribution is -2.28. The zero-order chi connectivity index (χ0) is 55.2. The van der Waals surface area contributed by atoms with Crippen LogP contribution in [-0.2, 0) is 47.1 Å². The molecule has 3 heterocycles. The van der Waals surface area contributed by atoms with E-state index in [1.165, 1.54) is 24.3 Å². The number of methoxy groups -OCH3 is 1. The zero-order valence-electron chi connectivity index (χ0n) is 44.0. The fourth-order valence-electron chi connectivity index (χ4n) is 10.2. The molecule has 4 N–H and O–H groups in total. The molecule has 402 valence electrons. The first-order chi connectivity index (χ1) is 36.0. The van der Waals surface area contributed by atoms with Gasteiger partial charge in [-0.15, -0.1) is 0 Å². The smallest absolute Gasteiger partial charge is 0.294 e. The fourth-order valence-corrected chi connectivity index (χ4v) is 11.4. The molecule has 0 aliphatic carbocycles. The van der Waals surface area contributed by atoms with Crippen molar-refractivity contribution in [2.45, 2.75) is 107 Å². The van der Waals surface area contributed by atoms with Crippen LogP contribution in [0.2, 0.25) is 5.02 Å². The van der Waals surface area contributed by atoms with Gasteiger partial charge in [-0.2, -0.15) is 21.4 Å². The van der Waals surface area contributed by atoms with Crippen LogP contribution in [0.4, 0.5) is 11.4 Å². The predicted octanol–water partition coefficient (Wildman–Crippen LogP) is 10.4. The number of ether oxygens (including phenoxy) is 1. The molecule has 1 aromatic heterocycles. The van der Waals surface area contributed by atoms with Gasteiger partial charge in [0.1, 0.15) is 12.3 Å². The first-order valence-corrected chi connectivity index (χ1v) is 28.6. The first kappa shape index (κ1) is 57.1. The summed E-state index contributed by atoms with van der Waals surface area (Å²) in [4.78, 5) is 41.5. The molecule has 2 amide bonds. The van der Waals surface area contributed by atoms with E-state index < -0.39 is 31.1 Å². The van der Waals surface area contributed by atoms with E-state index in [1.54, 1.807) is 54.1 Å². The van der Waals surface area contributed by atoms with Crippen LogP contribution in [0.25, 0.3) is 10.9 Å². The van der Waals surface area contributed by atoms with Crippen molar-refractivity contribution in [2.24, 2.45) is 0 Å². The van der Waals surface area contributed by atoms with Gasteiger partial charge in [-0.25, -0.2) is 0 Å². The average Bonchev–Trinajstić information content (AvgIpc) is 3.96. The summed E-state index contributed by atoms with van der Waals surface area (Å²) in [6, 6.07) is 21.5. The Labute approximate surface area is 451 Å². The molecule has 0 fully saturated rings. The Bertz CT molecular complexity index is 3440. The van der Waals surface area contributed by atoms with Gasteiger partial charge >= 0.3 is 0 Å². The van der Waals surface area contributed by atoms with Gasteiger partial charge in [0.25, 0.3) is 26.1 Å². The van der Waals surface area contributed by atoms with Crippen molar-refractivity contribution in [2.75, 3.05) is 38.2 Å². The number of carbonyl (C=O) groups is 3. The number of hydrogen-bond acceptors (Lipinski definition) is 9. The summed E-state index contributed by atoms with van der Waals surface area (Å²) in [7, 11) is -7.22. The monoisotopic (exact) mass is 1090 g/mol. The van der Waals surface area contributed by atoms with Crippen LogP contribution >= 0.6 is 11.6 Å². The maximum absolute atomic E-state index is 13.7. The number of amides is 2. The molecule has 0 spiro atoms. The molecule has 2 aliphatic heterocycles. The first-order valence-electron chi connectivity index (χ1n) is 25.4. The summed E-state index contributed by atoms with van der Waals surface area (Å²) < 4.78 is 77.0. The van der Waals surface area contributed by atoms with Crippen LogP contribution in [-0.4, -0.2) is 91.8 Å². The molecule has 0 unspecified atom stereocenters. The molecule has 4 aromatic carbocycles. The third-order valence-electron chi connectivity index (χ3n) is 14.3. The Balaban J connectivity index is 0.896. The van der Waals surface area contributed by atoms with Crippen molar-refractivity contribution >= 4 is 77.5 Å². The van der Waals surface area contributed by atoms with Crippen molar-refractivity contribution in [1.29, 1.82) is 0 Å². The molecule has 0 atom stereocenters. The summed E-state index contributed by atoms with van der Waals surface area (Å²) in [6.45, 7) is 14.1. The molecule has 0 bridgehead atoms. The van der Waals surface area contributed by atoms with Crippen molar-refractivity contribution in [3.63, 3.8) is 0 Å². The number of aromatic nitrogens is 1. The zero-order valence-corrected chi connectivity index (χ0v) is 46.4. The topological polar surface area (TPSA) is 204 Å². The van der Waals surface area contributed by atoms with Gasteiger partial charge < -0.3 is 20.3 Å². The molecule has 76 heavy (non-hydrogen) atoms. The van der Waals surface area contributed by atoms with Crippen LogP contribution in [0.5, 0.6) is 5.75 Å². The van der Waals surface area contributed by atoms with Gasteiger partial charge in [0.2, 0.25) is 17.5 Å². The number of unbranched alkanes of at least 4 members (excludes halogenated alkanes) is 3. The molecule has 15 nitrogen and oxygen atoms in total. The number of carbonyl (C=O) groups excluding carboxylic acids is 3. The molecule has 0 saturated carbocycles. The molecule has 7 rings (SSSR count). The number of allylic oxidation sites excluding steroid dienone is 8. The van der Waals surface area contributed by atoms with Crippen molar-refractivity contribution < 1.29 is 49.6 Å².